The van der Waals surface area contributed by atoms with E-state index in [1.165, 1.54) is 0 Å². The number of carbonyl (C=O) groups is 7. The molecule has 1 heterocycles. The van der Waals surface area contributed by atoms with Crippen LogP contribution in [0.3, 0.4) is 0 Å². The molecule has 0 radical (unpaired) electrons. The van der Waals surface area contributed by atoms with E-state index in [0.29, 0.717) is 22.9 Å². The lowest BCUT2D eigenvalue weighted by molar-refractivity contribution is -0.199. The number of nitrogens with zero attached hydrogens (tertiary/aromatic N) is 2. The number of para-hydroxylation sites is 1. The molecule has 4 rings (SSSR count). The standard InChI is InChI=1S/C38H41N5O8/c1-3-27-14-8-9-16-29(27)25-42(31-17-11-10-15-28(31)4-2)35(47)19-18-32(44)39-23-33(45)40-24-34(46)41-30(22-26-12-6-5-7-13-26)38(50)51-43-36(48)20-21-37(43)49/h4-17,30H,2-3,18-25H2,1H3,(H,39,44)(H,40,45)(H,41,46)/t30-/m0/s1. The topological polar surface area (TPSA) is 171 Å². The molecule has 1 fully saturated rings. The molecule has 0 bridgehead atoms. The average Bonchev–Trinajstić information content (AvgIpc) is 3.46. The third-order valence-corrected chi connectivity index (χ3v) is 8.12. The number of hydrogen-bond acceptors (Lipinski definition) is 8. The number of amides is 6. The summed E-state index contributed by atoms with van der Waals surface area (Å²) in [5.74, 6) is -4.60. The Morgan fingerprint density at radius 2 is 1.41 bits per heavy atom. The lowest BCUT2D eigenvalue weighted by Crippen LogP contribution is -2.50. The summed E-state index contributed by atoms with van der Waals surface area (Å²) >= 11 is 0. The van der Waals surface area contributed by atoms with Gasteiger partial charge in [-0.3, -0.25) is 28.8 Å². The van der Waals surface area contributed by atoms with Gasteiger partial charge < -0.3 is 25.7 Å². The Bertz CT molecular complexity index is 1760. The molecule has 51 heavy (non-hydrogen) atoms. The first-order chi connectivity index (χ1) is 24.6. The van der Waals surface area contributed by atoms with E-state index in [0.717, 1.165) is 23.1 Å². The third-order valence-electron chi connectivity index (χ3n) is 8.12. The SMILES string of the molecule is C=Cc1ccccc1N(Cc1ccccc1CC)C(=O)CCC(=O)NCC(=O)NCC(=O)N[C@@H](Cc1ccccc1)C(=O)ON1C(=O)CCC1=O. The highest BCUT2D eigenvalue weighted by Gasteiger charge is 2.35. The van der Waals surface area contributed by atoms with Crippen molar-refractivity contribution in [2.45, 2.75) is 58.0 Å². The Balaban J connectivity index is 1.28. The highest BCUT2D eigenvalue weighted by Crippen LogP contribution is 2.26. The fourth-order valence-corrected chi connectivity index (χ4v) is 5.40. The van der Waals surface area contributed by atoms with Crippen LogP contribution in [0.1, 0.15) is 54.9 Å². The third kappa shape index (κ3) is 10.9. The molecule has 13 nitrogen and oxygen atoms in total. The summed E-state index contributed by atoms with van der Waals surface area (Å²) < 4.78 is 0. The molecule has 1 saturated heterocycles. The van der Waals surface area contributed by atoms with E-state index >= 15 is 0 Å². The molecule has 1 atom stereocenters. The van der Waals surface area contributed by atoms with E-state index in [1.807, 2.05) is 55.5 Å². The van der Waals surface area contributed by atoms with Crippen LogP contribution < -0.4 is 20.9 Å². The van der Waals surface area contributed by atoms with E-state index in [-0.39, 0.29) is 38.0 Å². The number of hydroxylamine groups is 2. The number of rotatable bonds is 17. The Hall–Kier alpha value is -6.11. The summed E-state index contributed by atoms with van der Waals surface area (Å²) in [5, 5.41) is 7.69. The maximum atomic E-state index is 13.5. The van der Waals surface area contributed by atoms with Crippen molar-refractivity contribution in [1.29, 1.82) is 0 Å². The van der Waals surface area contributed by atoms with E-state index in [1.54, 1.807) is 41.3 Å². The molecule has 13 heteroatoms. The minimum absolute atomic E-state index is 0.00786. The average molecular weight is 696 g/mol. The molecule has 3 aromatic carbocycles. The van der Waals surface area contributed by atoms with Gasteiger partial charge in [-0.15, -0.1) is 5.06 Å². The second-order valence-electron chi connectivity index (χ2n) is 11.7. The summed E-state index contributed by atoms with van der Waals surface area (Å²) in [4.78, 5) is 94.7. The monoisotopic (exact) mass is 695 g/mol. The second-order valence-corrected chi connectivity index (χ2v) is 11.7. The zero-order valence-corrected chi connectivity index (χ0v) is 28.4. The van der Waals surface area contributed by atoms with Crippen molar-refractivity contribution in [3.05, 3.63) is 108 Å². The van der Waals surface area contributed by atoms with Gasteiger partial charge in [0.1, 0.15) is 6.04 Å². The molecule has 0 spiro atoms. The van der Waals surface area contributed by atoms with Crippen LogP contribution in [0.2, 0.25) is 0 Å². The zero-order valence-electron chi connectivity index (χ0n) is 28.4. The molecule has 1 aliphatic heterocycles. The summed E-state index contributed by atoms with van der Waals surface area (Å²) in [5.41, 5.74) is 4.19. The largest absolute Gasteiger partial charge is 0.355 e. The van der Waals surface area contributed by atoms with Gasteiger partial charge in [0, 0.05) is 32.1 Å². The van der Waals surface area contributed by atoms with Gasteiger partial charge in [0.2, 0.25) is 23.6 Å². The number of aryl methyl sites for hydroxylation is 1. The van der Waals surface area contributed by atoms with Gasteiger partial charge in [-0.1, -0.05) is 92.4 Å². The second kappa shape index (κ2) is 18.6. The number of nitrogens with one attached hydrogen (secondary N) is 3. The predicted molar refractivity (Wildman–Crippen MR) is 188 cm³/mol. The number of anilines is 1. The summed E-state index contributed by atoms with van der Waals surface area (Å²) in [7, 11) is 0. The molecule has 3 N–H and O–H groups in total. The summed E-state index contributed by atoms with van der Waals surface area (Å²) in [6.07, 6.45) is 1.97. The Labute approximate surface area is 296 Å². The Morgan fingerprint density at radius 1 is 0.804 bits per heavy atom. The fraction of sp³-hybridized carbons (Fsp3) is 0.289. The van der Waals surface area contributed by atoms with Crippen LogP contribution in [0.4, 0.5) is 5.69 Å². The van der Waals surface area contributed by atoms with E-state index in [4.69, 9.17) is 4.84 Å². The molecule has 0 aromatic heterocycles. The molecule has 0 saturated carbocycles. The molecule has 266 valence electrons. The van der Waals surface area contributed by atoms with Crippen molar-refractivity contribution in [1.82, 2.24) is 21.0 Å². The lowest BCUT2D eigenvalue weighted by atomic mass is 10.0. The van der Waals surface area contributed by atoms with Gasteiger partial charge >= 0.3 is 5.97 Å². The van der Waals surface area contributed by atoms with E-state index in [9.17, 15) is 33.6 Å². The number of imide groups is 1. The van der Waals surface area contributed by atoms with E-state index < -0.39 is 54.6 Å². The van der Waals surface area contributed by atoms with Crippen LogP contribution in [0.5, 0.6) is 0 Å². The smallest absolute Gasteiger partial charge is 0.347 e. The van der Waals surface area contributed by atoms with Crippen LogP contribution in [-0.2, 0) is 57.8 Å². The fourth-order valence-electron chi connectivity index (χ4n) is 5.40. The Morgan fingerprint density at radius 3 is 2.10 bits per heavy atom. The molecular weight excluding hydrogens is 654 g/mol. The first-order valence-corrected chi connectivity index (χ1v) is 16.6. The molecule has 0 aliphatic carbocycles. The number of benzene rings is 3. The van der Waals surface area contributed by atoms with Crippen LogP contribution in [0.15, 0.2) is 85.4 Å². The zero-order chi connectivity index (χ0) is 36.8. The minimum Gasteiger partial charge on any atom is -0.347 e. The first-order valence-electron chi connectivity index (χ1n) is 16.6. The molecule has 6 amide bonds. The van der Waals surface area contributed by atoms with Gasteiger partial charge in [0.05, 0.1) is 25.3 Å². The Kier molecular flexibility index (Phi) is 13.7. The van der Waals surface area contributed by atoms with Crippen LogP contribution in [0, 0.1) is 0 Å². The van der Waals surface area contributed by atoms with Gasteiger partial charge in [-0.2, -0.15) is 0 Å². The van der Waals surface area contributed by atoms with Crippen molar-refractivity contribution < 1.29 is 38.4 Å². The number of hydrogen-bond donors (Lipinski definition) is 3. The van der Waals surface area contributed by atoms with E-state index in [2.05, 4.69) is 22.5 Å². The van der Waals surface area contributed by atoms with Gasteiger partial charge in [0.25, 0.3) is 11.8 Å². The lowest BCUT2D eigenvalue weighted by Gasteiger charge is -2.26. The molecule has 1 aliphatic rings. The van der Waals surface area contributed by atoms with Crippen LogP contribution in [-0.4, -0.2) is 65.6 Å². The predicted octanol–water partition coefficient (Wildman–Crippen LogP) is 2.77. The highest BCUT2D eigenvalue weighted by atomic mass is 16.7. The first kappa shape index (κ1) is 37.7. The van der Waals surface area contributed by atoms with Gasteiger partial charge in [0.15, 0.2) is 0 Å². The number of carbonyl (C=O) groups excluding carboxylic acids is 7. The molecular formula is C38H41N5O8. The normalized spacial score (nSPS) is 12.8. The highest BCUT2D eigenvalue weighted by molar-refractivity contribution is 6.02. The van der Waals surface area contributed by atoms with Crippen molar-refractivity contribution in [3.63, 3.8) is 0 Å². The minimum atomic E-state index is -1.27. The van der Waals surface area contributed by atoms with Crippen molar-refractivity contribution in [3.8, 4) is 0 Å². The van der Waals surface area contributed by atoms with Crippen molar-refractivity contribution in [2.24, 2.45) is 0 Å². The summed E-state index contributed by atoms with van der Waals surface area (Å²) in [6, 6.07) is 22.6. The molecule has 0 unspecified atom stereocenters. The van der Waals surface area contributed by atoms with Crippen LogP contribution >= 0.6 is 0 Å². The maximum absolute atomic E-state index is 13.5. The molecule has 3 aromatic rings. The van der Waals surface area contributed by atoms with Crippen molar-refractivity contribution in [2.75, 3.05) is 18.0 Å². The van der Waals surface area contributed by atoms with Crippen LogP contribution in [0.25, 0.3) is 6.08 Å². The van der Waals surface area contributed by atoms with Gasteiger partial charge in [-0.25, -0.2) is 4.79 Å². The summed E-state index contributed by atoms with van der Waals surface area (Å²) in [6.45, 7) is 5.22. The quantitative estimate of drug-likeness (QED) is 0.181. The van der Waals surface area contributed by atoms with Gasteiger partial charge in [-0.05, 0) is 34.7 Å². The van der Waals surface area contributed by atoms with Crippen molar-refractivity contribution >= 4 is 53.2 Å². The maximum Gasteiger partial charge on any atom is 0.355 e.